The summed E-state index contributed by atoms with van der Waals surface area (Å²) in [5.74, 6) is 4.38. The minimum Gasteiger partial charge on any atom is -0.382 e. The maximum absolute atomic E-state index is 13.9. The van der Waals surface area contributed by atoms with E-state index in [1.165, 1.54) is 12.1 Å². The third-order valence-corrected chi connectivity index (χ3v) is 4.01. The molecule has 1 aromatic carbocycles. The van der Waals surface area contributed by atoms with Crippen molar-refractivity contribution in [3.8, 4) is 11.8 Å². The predicted molar refractivity (Wildman–Crippen MR) is 78.6 cm³/mol. The second-order valence-electron chi connectivity index (χ2n) is 4.10. The summed E-state index contributed by atoms with van der Waals surface area (Å²) >= 11 is 0. The van der Waals surface area contributed by atoms with E-state index in [2.05, 4.69) is 16.6 Å². The molecule has 0 saturated carbocycles. The van der Waals surface area contributed by atoms with Gasteiger partial charge in [0.2, 0.25) is 10.0 Å². The van der Waals surface area contributed by atoms with Gasteiger partial charge in [0.05, 0.1) is 6.54 Å². The molecule has 5 nitrogen and oxygen atoms in total. The molecule has 0 aromatic heterocycles. The van der Waals surface area contributed by atoms with Gasteiger partial charge in [0.1, 0.15) is 10.7 Å². The van der Waals surface area contributed by atoms with E-state index in [4.69, 9.17) is 10.5 Å². The van der Waals surface area contributed by atoms with Gasteiger partial charge in [-0.3, -0.25) is 0 Å². The van der Waals surface area contributed by atoms with E-state index in [0.717, 1.165) is 6.07 Å². The number of hydrogen-bond acceptors (Lipinski definition) is 4. The van der Waals surface area contributed by atoms with Crippen LogP contribution >= 0.6 is 0 Å². The lowest BCUT2D eigenvalue weighted by atomic mass is 10.2. The van der Waals surface area contributed by atoms with E-state index < -0.39 is 20.7 Å². The number of nitrogens with one attached hydrogen (secondary N) is 1. The molecule has 0 amide bonds. The average molecular weight is 314 g/mol. The molecule has 21 heavy (non-hydrogen) atoms. The number of nitrogens with two attached hydrogens (primary N) is 1. The lowest BCUT2D eigenvalue weighted by Gasteiger charge is -2.08. The van der Waals surface area contributed by atoms with Crippen molar-refractivity contribution in [1.82, 2.24) is 4.72 Å². The minimum absolute atomic E-state index is 0.156. The van der Waals surface area contributed by atoms with Crippen LogP contribution in [0, 0.1) is 17.7 Å². The van der Waals surface area contributed by atoms with Crippen molar-refractivity contribution in [2.45, 2.75) is 18.2 Å². The molecule has 7 heteroatoms. The first-order valence-electron chi connectivity index (χ1n) is 6.57. The molecular weight excluding hydrogens is 295 g/mol. The number of sulfonamides is 1. The highest BCUT2D eigenvalue weighted by atomic mass is 32.2. The fraction of sp³-hybridized carbons (Fsp3) is 0.429. The summed E-state index contributed by atoms with van der Waals surface area (Å²) in [4.78, 5) is -0.391. The third-order valence-electron chi connectivity index (χ3n) is 2.52. The summed E-state index contributed by atoms with van der Waals surface area (Å²) in [5, 5.41) is 0. The Kier molecular flexibility index (Phi) is 7.32. The highest BCUT2D eigenvalue weighted by Gasteiger charge is 2.18. The van der Waals surface area contributed by atoms with E-state index >= 15 is 0 Å². The SMILES string of the molecule is CCOCCCNS(=O)(=O)c1ccc(C#CCN)cc1F. The van der Waals surface area contributed by atoms with E-state index in [1.54, 1.807) is 0 Å². The summed E-state index contributed by atoms with van der Waals surface area (Å²) in [6.07, 6.45) is 0.523. The van der Waals surface area contributed by atoms with Crippen LogP contribution in [0.1, 0.15) is 18.9 Å². The van der Waals surface area contributed by atoms with Crippen molar-refractivity contribution in [1.29, 1.82) is 0 Å². The first-order valence-corrected chi connectivity index (χ1v) is 8.05. The molecule has 1 aromatic rings. The molecule has 0 saturated heterocycles. The van der Waals surface area contributed by atoms with Crippen LogP contribution in [0.3, 0.4) is 0 Å². The van der Waals surface area contributed by atoms with Gasteiger partial charge in [0, 0.05) is 25.3 Å². The summed E-state index contributed by atoms with van der Waals surface area (Å²) in [6, 6.07) is 3.72. The standard InChI is InChI=1S/C14H19FN2O3S/c1-2-20-10-4-9-17-21(18,19)14-7-6-12(5-3-8-16)11-13(14)15/h6-7,11,17H,2,4,8-10,16H2,1H3. The van der Waals surface area contributed by atoms with E-state index in [9.17, 15) is 12.8 Å². The number of hydrogen-bond donors (Lipinski definition) is 2. The predicted octanol–water partition coefficient (Wildman–Crippen LogP) is 0.841. The Morgan fingerprint density at radius 2 is 2.19 bits per heavy atom. The van der Waals surface area contributed by atoms with E-state index in [1.807, 2.05) is 6.92 Å². The molecule has 0 spiro atoms. The van der Waals surface area contributed by atoms with Gasteiger partial charge >= 0.3 is 0 Å². The zero-order valence-electron chi connectivity index (χ0n) is 11.9. The molecule has 0 unspecified atom stereocenters. The van der Waals surface area contributed by atoms with E-state index in [-0.39, 0.29) is 13.1 Å². The molecule has 0 aliphatic rings. The molecule has 0 aliphatic heterocycles. The fourth-order valence-electron chi connectivity index (χ4n) is 1.55. The van der Waals surface area contributed by atoms with Gasteiger partial charge in [-0.1, -0.05) is 11.8 Å². The Morgan fingerprint density at radius 1 is 1.43 bits per heavy atom. The molecule has 1 rings (SSSR count). The molecule has 3 N–H and O–H groups in total. The zero-order chi connectivity index (χ0) is 15.7. The first kappa shape index (κ1) is 17.6. The average Bonchev–Trinajstić information content (AvgIpc) is 2.44. The molecule has 0 bridgehead atoms. The third kappa shape index (κ3) is 5.81. The maximum Gasteiger partial charge on any atom is 0.243 e. The van der Waals surface area contributed by atoms with Gasteiger partial charge in [-0.2, -0.15) is 0 Å². The molecule has 0 heterocycles. The molecule has 0 fully saturated rings. The van der Waals surface area contributed by atoms with Crippen molar-refractivity contribution in [2.75, 3.05) is 26.3 Å². The van der Waals surface area contributed by atoms with Crippen LogP contribution in [0.25, 0.3) is 0 Å². The lowest BCUT2D eigenvalue weighted by Crippen LogP contribution is -2.26. The normalized spacial score (nSPS) is 11.0. The van der Waals surface area contributed by atoms with Gasteiger partial charge in [0.25, 0.3) is 0 Å². The Bertz CT molecular complexity index is 621. The monoisotopic (exact) mass is 314 g/mol. The highest BCUT2D eigenvalue weighted by molar-refractivity contribution is 7.89. The molecule has 0 radical (unpaired) electrons. The summed E-state index contributed by atoms with van der Waals surface area (Å²) in [6.45, 7) is 3.23. The van der Waals surface area contributed by atoms with Gasteiger partial charge in [0.15, 0.2) is 0 Å². The van der Waals surface area contributed by atoms with Crippen molar-refractivity contribution in [2.24, 2.45) is 5.73 Å². The van der Waals surface area contributed by atoms with Crippen molar-refractivity contribution < 1.29 is 17.5 Å². The lowest BCUT2D eigenvalue weighted by molar-refractivity contribution is 0.146. The number of ether oxygens (including phenoxy) is 1. The van der Waals surface area contributed by atoms with Gasteiger partial charge in [-0.15, -0.1) is 0 Å². The largest absolute Gasteiger partial charge is 0.382 e. The van der Waals surface area contributed by atoms with Gasteiger partial charge in [-0.25, -0.2) is 17.5 Å². The minimum atomic E-state index is -3.87. The van der Waals surface area contributed by atoms with Crippen LogP contribution in [0.5, 0.6) is 0 Å². The smallest absolute Gasteiger partial charge is 0.243 e. The van der Waals surface area contributed by atoms with Crippen molar-refractivity contribution in [3.63, 3.8) is 0 Å². The van der Waals surface area contributed by atoms with Crippen LogP contribution in [-0.2, 0) is 14.8 Å². The zero-order valence-corrected chi connectivity index (χ0v) is 12.7. The molecule has 0 atom stereocenters. The summed E-state index contributed by atoms with van der Waals surface area (Å²) in [7, 11) is -3.87. The second kappa shape index (κ2) is 8.74. The van der Waals surface area contributed by atoms with E-state index in [0.29, 0.717) is 25.2 Å². The quantitative estimate of drug-likeness (QED) is 0.577. The van der Waals surface area contributed by atoms with Crippen molar-refractivity contribution >= 4 is 10.0 Å². The maximum atomic E-state index is 13.9. The molecule has 0 aliphatic carbocycles. The first-order chi connectivity index (χ1) is 10.0. The number of halogens is 1. The Labute approximate surface area is 124 Å². The summed E-state index contributed by atoms with van der Waals surface area (Å²) in [5.41, 5.74) is 5.60. The summed E-state index contributed by atoms with van der Waals surface area (Å²) < 4.78 is 45.2. The van der Waals surface area contributed by atoms with Gasteiger partial charge in [-0.05, 0) is 31.5 Å². The number of rotatable bonds is 7. The Balaban J connectivity index is 2.74. The second-order valence-corrected chi connectivity index (χ2v) is 5.83. The fourth-order valence-corrected chi connectivity index (χ4v) is 2.68. The topological polar surface area (TPSA) is 81.4 Å². The van der Waals surface area contributed by atoms with Gasteiger partial charge < -0.3 is 10.5 Å². The van der Waals surface area contributed by atoms with Crippen LogP contribution in [-0.4, -0.2) is 34.7 Å². The van der Waals surface area contributed by atoms with Crippen LogP contribution in [0.4, 0.5) is 4.39 Å². The molecular formula is C14H19FN2O3S. The van der Waals surface area contributed by atoms with Crippen LogP contribution in [0.15, 0.2) is 23.1 Å². The van der Waals surface area contributed by atoms with Crippen LogP contribution in [0.2, 0.25) is 0 Å². The Morgan fingerprint density at radius 3 is 2.81 bits per heavy atom. The molecule has 116 valence electrons. The van der Waals surface area contributed by atoms with Crippen LogP contribution < -0.4 is 10.5 Å². The van der Waals surface area contributed by atoms with Crippen molar-refractivity contribution in [3.05, 3.63) is 29.6 Å². The Hall–Kier alpha value is -1.46. The number of benzene rings is 1. The highest BCUT2D eigenvalue weighted by Crippen LogP contribution is 2.15.